The molecule has 2 aromatic rings. The quantitative estimate of drug-likeness (QED) is 0.775. The molecule has 0 saturated heterocycles. The molecule has 0 unspecified atom stereocenters. The van der Waals surface area contributed by atoms with Crippen LogP contribution in [0.3, 0.4) is 0 Å². The highest BCUT2D eigenvalue weighted by Gasteiger charge is 2.02. The number of hydrogen-bond donors (Lipinski definition) is 1. The van der Waals surface area contributed by atoms with E-state index < -0.39 is 0 Å². The normalized spacial score (nSPS) is 10.2. The maximum Gasteiger partial charge on any atom is 0.223 e. The van der Waals surface area contributed by atoms with Gasteiger partial charge in [0.25, 0.3) is 0 Å². The van der Waals surface area contributed by atoms with E-state index in [0.717, 1.165) is 5.69 Å². The topological polar surface area (TPSA) is 77.6 Å². The first kappa shape index (κ1) is 9.51. The minimum absolute atomic E-state index is 0.258. The Morgan fingerprint density at radius 3 is 2.73 bits per heavy atom. The summed E-state index contributed by atoms with van der Waals surface area (Å²) in [6.45, 7) is 1.79. The number of nitrogens with two attached hydrogens (primary N) is 1. The minimum atomic E-state index is 0.258. The van der Waals surface area contributed by atoms with Crippen LogP contribution in [0.1, 0.15) is 17.3 Å². The van der Waals surface area contributed by atoms with Gasteiger partial charge in [0, 0.05) is 11.9 Å². The van der Waals surface area contributed by atoms with E-state index in [0.29, 0.717) is 18.1 Å². The zero-order valence-electron chi connectivity index (χ0n) is 8.38. The van der Waals surface area contributed by atoms with Gasteiger partial charge in [-0.2, -0.15) is 9.97 Å². The predicted octanol–water partition coefficient (Wildman–Crippen LogP) is 0.748. The average Bonchev–Trinajstić information content (AvgIpc) is 2.17. The van der Waals surface area contributed by atoms with Gasteiger partial charge in [-0.15, -0.1) is 0 Å². The molecule has 2 heterocycles. The molecule has 0 saturated carbocycles. The summed E-state index contributed by atoms with van der Waals surface area (Å²) in [6, 6.07) is 5.73. The largest absolute Gasteiger partial charge is 0.368 e. The number of nitrogen functional groups attached to an aromatic ring is 1. The first-order chi connectivity index (χ1) is 7.24. The standard InChI is InChI=1S/C10H11N5/c1-7-13-9(15-10(11)14-7)6-8-4-2-3-5-12-8/h2-5H,6H2,1H3,(H2,11,13,14,15). The lowest BCUT2D eigenvalue weighted by Gasteiger charge is -2.01. The van der Waals surface area contributed by atoms with Crippen molar-refractivity contribution in [2.24, 2.45) is 0 Å². The summed E-state index contributed by atoms with van der Waals surface area (Å²) in [5.74, 6) is 1.54. The summed E-state index contributed by atoms with van der Waals surface area (Å²) in [5.41, 5.74) is 6.45. The molecular formula is C10H11N5. The van der Waals surface area contributed by atoms with Gasteiger partial charge in [-0.05, 0) is 19.1 Å². The molecule has 0 spiro atoms. The van der Waals surface area contributed by atoms with Crippen LogP contribution >= 0.6 is 0 Å². The number of pyridine rings is 1. The van der Waals surface area contributed by atoms with Crippen LogP contribution < -0.4 is 5.73 Å². The second kappa shape index (κ2) is 4.00. The van der Waals surface area contributed by atoms with Gasteiger partial charge in [0.15, 0.2) is 0 Å². The number of anilines is 1. The number of nitrogens with zero attached hydrogens (tertiary/aromatic N) is 4. The van der Waals surface area contributed by atoms with Crippen molar-refractivity contribution in [3.63, 3.8) is 0 Å². The van der Waals surface area contributed by atoms with Crippen LogP contribution in [-0.4, -0.2) is 19.9 Å². The summed E-state index contributed by atoms with van der Waals surface area (Å²) in [5, 5.41) is 0. The van der Waals surface area contributed by atoms with Crippen LogP contribution in [0.25, 0.3) is 0 Å². The molecule has 76 valence electrons. The van der Waals surface area contributed by atoms with E-state index in [1.807, 2.05) is 18.2 Å². The number of hydrogen-bond acceptors (Lipinski definition) is 5. The molecular weight excluding hydrogens is 190 g/mol. The zero-order chi connectivity index (χ0) is 10.7. The van der Waals surface area contributed by atoms with Crippen LogP contribution in [0.2, 0.25) is 0 Å². The lowest BCUT2D eigenvalue weighted by Crippen LogP contribution is -2.06. The molecule has 5 nitrogen and oxygen atoms in total. The molecule has 5 heteroatoms. The Morgan fingerprint density at radius 2 is 2.07 bits per heavy atom. The highest BCUT2D eigenvalue weighted by atomic mass is 15.1. The molecule has 2 N–H and O–H groups in total. The van der Waals surface area contributed by atoms with Gasteiger partial charge >= 0.3 is 0 Å². The van der Waals surface area contributed by atoms with Crippen molar-refractivity contribution in [1.29, 1.82) is 0 Å². The third-order valence-electron chi connectivity index (χ3n) is 1.88. The fourth-order valence-electron chi connectivity index (χ4n) is 1.30. The van der Waals surface area contributed by atoms with Gasteiger partial charge in [0.1, 0.15) is 11.6 Å². The highest BCUT2D eigenvalue weighted by Crippen LogP contribution is 2.03. The van der Waals surface area contributed by atoms with Crippen molar-refractivity contribution in [2.45, 2.75) is 13.3 Å². The Kier molecular flexibility index (Phi) is 2.53. The van der Waals surface area contributed by atoms with E-state index in [-0.39, 0.29) is 5.95 Å². The van der Waals surface area contributed by atoms with Crippen molar-refractivity contribution >= 4 is 5.95 Å². The van der Waals surface area contributed by atoms with E-state index in [1.54, 1.807) is 13.1 Å². The molecule has 0 fully saturated rings. The lowest BCUT2D eigenvalue weighted by atomic mass is 10.2. The SMILES string of the molecule is Cc1nc(N)nc(Cc2ccccn2)n1. The molecule has 0 aromatic carbocycles. The van der Waals surface area contributed by atoms with Gasteiger partial charge in [-0.1, -0.05) is 6.07 Å². The van der Waals surface area contributed by atoms with Crippen molar-refractivity contribution in [1.82, 2.24) is 19.9 Å². The van der Waals surface area contributed by atoms with Gasteiger partial charge < -0.3 is 5.73 Å². The number of rotatable bonds is 2. The fourth-order valence-corrected chi connectivity index (χ4v) is 1.30. The molecule has 0 radical (unpaired) electrons. The van der Waals surface area contributed by atoms with E-state index in [2.05, 4.69) is 19.9 Å². The molecule has 15 heavy (non-hydrogen) atoms. The molecule has 0 bridgehead atoms. The number of aromatic nitrogens is 4. The van der Waals surface area contributed by atoms with Crippen LogP contribution in [0.4, 0.5) is 5.95 Å². The maximum atomic E-state index is 5.53. The second-order valence-corrected chi connectivity index (χ2v) is 3.15. The molecule has 2 rings (SSSR count). The van der Waals surface area contributed by atoms with E-state index >= 15 is 0 Å². The zero-order valence-corrected chi connectivity index (χ0v) is 8.38. The minimum Gasteiger partial charge on any atom is -0.368 e. The second-order valence-electron chi connectivity index (χ2n) is 3.15. The molecule has 2 aromatic heterocycles. The lowest BCUT2D eigenvalue weighted by molar-refractivity contribution is 0.874. The summed E-state index contributed by atoms with van der Waals surface area (Å²) < 4.78 is 0. The highest BCUT2D eigenvalue weighted by molar-refractivity contribution is 5.18. The maximum absolute atomic E-state index is 5.53. The summed E-state index contributed by atoms with van der Waals surface area (Å²) in [6.07, 6.45) is 2.32. The van der Waals surface area contributed by atoms with Gasteiger partial charge in [0.05, 0.1) is 6.42 Å². The molecule has 0 aliphatic heterocycles. The van der Waals surface area contributed by atoms with Crippen molar-refractivity contribution in [2.75, 3.05) is 5.73 Å². The Bertz CT molecular complexity index is 434. The van der Waals surface area contributed by atoms with Crippen LogP contribution in [0.5, 0.6) is 0 Å². The van der Waals surface area contributed by atoms with Crippen LogP contribution in [0, 0.1) is 6.92 Å². The molecule has 0 amide bonds. The van der Waals surface area contributed by atoms with Crippen molar-refractivity contribution in [3.8, 4) is 0 Å². The Morgan fingerprint density at radius 1 is 1.20 bits per heavy atom. The van der Waals surface area contributed by atoms with Gasteiger partial charge in [-0.25, -0.2) is 4.98 Å². The molecule has 0 atom stereocenters. The van der Waals surface area contributed by atoms with Gasteiger partial charge in [-0.3, -0.25) is 4.98 Å². The predicted molar refractivity (Wildman–Crippen MR) is 56.0 cm³/mol. The Hall–Kier alpha value is -2.04. The van der Waals surface area contributed by atoms with Crippen molar-refractivity contribution in [3.05, 3.63) is 41.7 Å². The van der Waals surface area contributed by atoms with E-state index in [9.17, 15) is 0 Å². The summed E-state index contributed by atoms with van der Waals surface area (Å²) in [4.78, 5) is 16.3. The first-order valence-electron chi connectivity index (χ1n) is 4.61. The average molecular weight is 201 g/mol. The van der Waals surface area contributed by atoms with E-state index in [4.69, 9.17) is 5.73 Å². The fraction of sp³-hybridized carbons (Fsp3) is 0.200. The molecule has 0 aliphatic carbocycles. The summed E-state index contributed by atoms with van der Waals surface area (Å²) in [7, 11) is 0. The smallest absolute Gasteiger partial charge is 0.223 e. The first-order valence-corrected chi connectivity index (χ1v) is 4.61. The number of aryl methyl sites for hydroxylation is 1. The summed E-state index contributed by atoms with van der Waals surface area (Å²) >= 11 is 0. The Labute approximate surface area is 87.4 Å². The molecule has 0 aliphatic rings. The van der Waals surface area contributed by atoms with E-state index in [1.165, 1.54) is 0 Å². The third kappa shape index (κ3) is 2.46. The van der Waals surface area contributed by atoms with Gasteiger partial charge in [0.2, 0.25) is 5.95 Å². The van der Waals surface area contributed by atoms with Crippen molar-refractivity contribution < 1.29 is 0 Å². The van der Waals surface area contributed by atoms with Crippen LogP contribution in [-0.2, 0) is 6.42 Å². The third-order valence-corrected chi connectivity index (χ3v) is 1.88. The Balaban J connectivity index is 2.25. The van der Waals surface area contributed by atoms with Crippen LogP contribution in [0.15, 0.2) is 24.4 Å². The monoisotopic (exact) mass is 201 g/mol.